The lowest BCUT2D eigenvalue weighted by Crippen LogP contribution is -2.33. The first-order chi connectivity index (χ1) is 18.0. The van der Waals surface area contributed by atoms with Crippen LogP contribution in [0.15, 0.2) is 48.1 Å². The average Bonchev–Trinajstić information content (AvgIpc) is 3.78. The number of hydrogen-bond donors (Lipinski definition) is 2. The molecule has 212 valence electrons. The van der Waals surface area contributed by atoms with Crippen molar-refractivity contribution in [1.82, 2.24) is 0 Å². The minimum absolute atomic E-state index is 0.113. The van der Waals surface area contributed by atoms with Crippen molar-refractivity contribution in [3.8, 4) is 0 Å². The third-order valence-electron chi connectivity index (χ3n) is 7.57. The molecule has 0 aromatic rings. The number of allylic oxidation sites excluding steroid dienone is 3. The maximum Gasteiger partial charge on any atom is 0.309 e. The highest BCUT2D eigenvalue weighted by atomic mass is 16.6. The van der Waals surface area contributed by atoms with E-state index in [2.05, 4.69) is 13.0 Å². The average molecular weight is 533 g/mol. The summed E-state index contributed by atoms with van der Waals surface area (Å²) in [5, 5.41) is 20.4. The van der Waals surface area contributed by atoms with Crippen LogP contribution < -0.4 is 0 Å². The monoisotopic (exact) mass is 532 g/mol. The molecule has 3 heterocycles. The molecule has 8 heteroatoms. The van der Waals surface area contributed by atoms with Gasteiger partial charge >= 0.3 is 11.9 Å². The van der Waals surface area contributed by atoms with Gasteiger partial charge in [0.25, 0.3) is 0 Å². The zero-order valence-electron chi connectivity index (χ0n) is 23.4. The molecule has 0 saturated carbocycles. The molecule has 2 fully saturated rings. The minimum atomic E-state index is -1.04. The summed E-state index contributed by atoms with van der Waals surface area (Å²) in [6.45, 7) is 11.7. The Labute approximate surface area is 226 Å². The number of aliphatic hydroxyl groups excluding tert-OH is 2. The van der Waals surface area contributed by atoms with Gasteiger partial charge in [0.05, 0.1) is 37.4 Å². The number of aliphatic hydroxyl groups is 2. The van der Waals surface area contributed by atoms with Crippen LogP contribution in [0.4, 0.5) is 0 Å². The molecule has 10 atom stereocenters. The number of esters is 2. The summed E-state index contributed by atoms with van der Waals surface area (Å²) in [5.74, 6) is -0.745. The Morgan fingerprint density at radius 1 is 1.26 bits per heavy atom. The number of carbonyl (C=O) groups is 2. The Hall–Kier alpha value is -2.26. The van der Waals surface area contributed by atoms with E-state index in [1.165, 1.54) is 13.0 Å². The number of ether oxygens (including phenoxy) is 4. The summed E-state index contributed by atoms with van der Waals surface area (Å²) in [7, 11) is 0. The van der Waals surface area contributed by atoms with Gasteiger partial charge in [-0.15, -0.1) is 0 Å². The van der Waals surface area contributed by atoms with Crippen molar-refractivity contribution in [2.75, 3.05) is 6.61 Å². The van der Waals surface area contributed by atoms with Crippen molar-refractivity contribution in [3.05, 3.63) is 48.1 Å². The molecule has 0 bridgehead atoms. The molecule has 3 aliphatic heterocycles. The van der Waals surface area contributed by atoms with Crippen LogP contribution in [0.5, 0.6) is 0 Å². The molecule has 3 aliphatic rings. The summed E-state index contributed by atoms with van der Waals surface area (Å²) in [5.41, 5.74) is 0.0183. The van der Waals surface area contributed by atoms with Crippen LogP contribution in [0.25, 0.3) is 0 Å². The van der Waals surface area contributed by atoms with Crippen LogP contribution in [0.3, 0.4) is 0 Å². The molecule has 2 N–H and O–H groups in total. The molecule has 3 rings (SSSR count). The summed E-state index contributed by atoms with van der Waals surface area (Å²) in [6, 6.07) is 0. The molecular weight excluding hydrogens is 488 g/mol. The van der Waals surface area contributed by atoms with Gasteiger partial charge in [-0.1, -0.05) is 58.1 Å². The topological polar surface area (TPSA) is 118 Å². The fourth-order valence-electron chi connectivity index (χ4n) is 4.95. The molecule has 8 nitrogen and oxygen atoms in total. The number of cyclic esters (lactones) is 1. The Morgan fingerprint density at radius 2 is 1.97 bits per heavy atom. The molecule has 10 unspecified atom stereocenters. The van der Waals surface area contributed by atoms with Crippen molar-refractivity contribution < 1.29 is 38.7 Å². The summed E-state index contributed by atoms with van der Waals surface area (Å²) in [4.78, 5) is 24.3. The predicted octanol–water partition coefficient (Wildman–Crippen LogP) is 3.82. The number of carbonyl (C=O) groups excluding carboxylic acids is 2. The van der Waals surface area contributed by atoms with Crippen LogP contribution in [-0.2, 0) is 28.5 Å². The van der Waals surface area contributed by atoms with Crippen molar-refractivity contribution in [1.29, 1.82) is 0 Å². The van der Waals surface area contributed by atoms with Crippen molar-refractivity contribution in [2.24, 2.45) is 17.8 Å². The normalized spacial score (nSPS) is 36.2. The minimum Gasteiger partial charge on any atom is -0.457 e. The zero-order chi connectivity index (χ0) is 28.0. The molecule has 0 aliphatic carbocycles. The number of rotatable bonds is 9. The smallest absolute Gasteiger partial charge is 0.309 e. The molecule has 0 radical (unpaired) electrons. The van der Waals surface area contributed by atoms with Crippen LogP contribution in [0.2, 0.25) is 0 Å². The maximum absolute atomic E-state index is 12.6. The quantitative estimate of drug-likeness (QED) is 0.199. The molecule has 0 aromatic heterocycles. The van der Waals surface area contributed by atoms with Crippen molar-refractivity contribution >= 4 is 11.9 Å². The number of epoxide rings is 2. The fraction of sp³-hybridized carbons (Fsp3) is 0.667. The maximum atomic E-state index is 12.6. The molecule has 0 aromatic carbocycles. The van der Waals surface area contributed by atoms with Gasteiger partial charge in [-0.3, -0.25) is 9.59 Å². The van der Waals surface area contributed by atoms with Gasteiger partial charge in [0, 0.05) is 18.8 Å². The summed E-state index contributed by atoms with van der Waals surface area (Å²) in [6.07, 6.45) is 11.9. The van der Waals surface area contributed by atoms with Gasteiger partial charge in [-0.2, -0.15) is 0 Å². The van der Waals surface area contributed by atoms with Crippen LogP contribution in [0.1, 0.15) is 60.8 Å². The molecule has 0 amide bonds. The SMILES string of the molecule is CCC(O)C(C)C1OC1CC(C)C=CC=C(C)C1OC(=O)CC(O)C=CC2(CO2)C(OC(C)=O)C=CC1C. The second-order valence-electron chi connectivity index (χ2n) is 11.0. The van der Waals surface area contributed by atoms with Gasteiger partial charge < -0.3 is 29.2 Å². The van der Waals surface area contributed by atoms with E-state index in [1.807, 2.05) is 45.9 Å². The zero-order valence-corrected chi connectivity index (χ0v) is 23.4. The Balaban J connectivity index is 1.68. The highest BCUT2D eigenvalue weighted by Gasteiger charge is 2.51. The molecule has 2 saturated heterocycles. The van der Waals surface area contributed by atoms with Crippen LogP contribution in [0, 0.1) is 17.8 Å². The van der Waals surface area contributed by atoms with Gasteiger partial charge in [0.1, 0.15) is 6.10 Å². The van der Waals surface area contributed by atoms with Gasteiger partial charge in [-0.25, -0.2) is 0 Å². The number of hydrogen-bond acceptors (Lipinski definition) is 8. The van der Waals surface area contributed by atoms with E-state index < -0.39 is 35.9 Å². The first kappa shape index (κ1) is 30.3. The first-order valence-corrected chi connectivity index (χ1v) is 13.7. The standard InChI is InChI=1S/C30H44O8/c1-7-24(33)21(5)29-25(37-29)15-18(2)9-8-10-19(3)28-20(4)11-12-26(36-22(6)31)30(17-35-30)14-13-23(32)16-27(34)38-28/h8-14,18,20-21,23-26,28-29,32-33H,7,15-17H2,1-6H3. The second-order valence-corrected chi connectivity index (χ2v) is 11.0. The van der Waals surface area contributed by atoms with E-state index in [1.54, 1.807) is 12.2 Å². The van der Waals surface area contributed by atoms with E-state index in [0.717, 1.165) is 18.4 Å². The lowest BCUT2D eigenvalue weighted by molar-refractivity contribution is -0.150. The molecular formula is C30H44O8. The third kappa shape index (κ3) is 8.37. The van der Waals surface area contributed by atoms with E-state index >= 15 is 0 Å². The van der Waals surface area contributed by atoms with Crippen molar-refractivity contribution in [3.63, 3.8) is 0 Å². The Kier molecular flexibility index (Phi) is 10.5. The van der Waals surface area contributed by atoms with E-state index in [9.17, 15) is 19.8 Å². The van der Waals surface area contributed by atoms with E-state index in [-0.39, 0.29) is 42.5 Å². The second kappa shape index (κ2) is 13.2. The third-order valence-corrected chi connectivity index (χ3v) is 7.57. The largest absolute Gasteiger partial charge is 0.457 e. The van der Waals surface area contributed by atoms with Gasteiger partial charge in [0.15, 0.2) is 11.7 Å². The Morgan fingerprint density at radius 3 is 2.61 bits per heavy atom. The summed E-state index contributed by atoms with van der Waals surface area (Å²) < 4.78 is 22.7. The lowest BCUT2D eigenvalue weighted by atomic mass is 9.93. The lowest BCUT2D eigenvalue weighted by Gasteiger charge is -2.25. The highest BCUT2D eigenvalue weighted by Crippen LogP contribution is 2.37. The van der Waals surface area contributed by atoms with Gasteiger partial charge in [-0.05, 0) is 43.4 Å². The first-order valence-electron chi connectivity index (χ1n) is 13.7. The predicted molar refractivity (Wildman–Crippen MR) is 143 cm³/mol. The fourth-order valence-corrected chi connectivity index (χ4v) is 4.95. The van der Waals surface area contributed by atoms with Crippen LogP contribution >= 0.6 is 0 Å². The van der Waals surface area contributed by atoms with Crippen molar-refractivity contribution in [2.45, 2.75) is 103 Å². The molecule has 38 heavy (non-hydrogen) atoms. The van der Waals surface area contributed by atoms with Crippen LogP contribution in [-0.4, -0.2) is 71.0 Å². The van der Waals surface area contributed by atoms with E-state index in [4.69, 9.17) is 18.9 Å². The molecule has 1 spiro atoms. The summed E-state index contributed by atoms with van der Waals surface area (Å²) >= 11 is 0. The Bertz CT molecular complexity index is 946. The van der Waals surface area contributed by atoms with E-state index in [0.29, 0.717) is 6.61 Å². The van der Waals surface area contributed by atoms with Gasteiger partial charge in [0.2, 0.25) is 0 Å². The highest BCUT2D eigenvalue weighted by molar-refractivity contribution is 5.71.